The number of nitrogens with zero attached hydrogens (tertiary/aromatic N) is 5. The highest BCUT2D eigenvalue weighted by molar-refractivity contribution is 7.99. The van der Waals surface area contributed by atoms with Crippen LogP contribution in [0.15, 0.2) is 23.4 Å². The summed E-state index contributed by atoms with van der Waals surface area (Å²) in [6.07, 6.45) is 0. The van der Waals surface area contributed by atoms with Gasteiger partial charge in [-0.1, -0.05) is 23.1 Å². The molecule has 2 heterocycles. The fourth-order valence-corrected chi connectivity index (χ4v) is 3.31. The summed E-state index contributed by atoms with van der Waals surface area (Å²) in [4.78, 5) is 27.1. The van der Waals surface area contributed by atoms with Crippen LogP contribution in [0.5, 0.6) is 0 Å². The molecule has 0 fully saturated rings. The van der Waals surface area contributed by atoms with Gasteiger partial charge in [-0.05, 0) is 28.6 Å². The van der Waals surface area contributed by atoms with E-state index in [0.717, 1.165) is 0 Å². The Balaban J connectivity index is 1.67. The first-order valence-corrected chi connectivity index (χ1v) is 8.12. The van der Waals surface area contributed by atoms with E-state index in [2.05, 4.69) is 25.8 Å². The van der Waals surface area contributed by atoms with Gasteiger partial charge >= 0.3 is 5.97 Å². The molecule has 0 bridgehead atoms. The smallest absolute Gasteiger partial charge is 0.335 e. The number of rotatable bonds is 5. The number of fused-ring (bicyclic) bond motifs is 1. The number of amides is 1. The van der Waals surface area contributed by atoms with Gasteiger partial charge in [0.15, 0.2) is 5.13 Å². The lowest BCUT2D eigenvalue weighted by molar-refractivity contribution is -0.113. The maximum Gasteiger partial charge on any atom is 0.335 e. The summed E-state index contributed by atoms with van der Waals surface area (Å²) in [6, 6.07) is 4.63. The minimum Gasteiger partial charge on any atom is -0.478 e. The average Bonchev–Trinajstić information content (AvgIpc) is 3.09. The summed E-state index contributed by atoms with van der Waals surface area (Å²) in [7, 11) is 1.69. The van der Waals surface area contributed by atoms with Gasteiger partial charge in [0.1, 0.15) is 0 Å². The molecule has 0 unspecified atom stereocenters. The second kappa shape index (κ2) is 6.30. The Labute approximate surface area is 137 Å². The van der Waals surface area contributed by atoms with Crippen LogP contribution in [0, 0.1) is 0 Å². The molecule has 3 rings (SSSR count). The van der Waals surface area contributed by atoms with Crippen molar-refractivity contribution >= 4 is 50.3 Å². The van der Waals surface area contributed by atoms with Gasteiger partial charge < -0.3 is 10.4 Å². The fourth-order valence-electron chi connectivity index (χ4n) is 1.74. The van der Waals surface area contributed by atoms with Crippen molar-refractivity contribution in [2.45, 2.75) is 5.16 Å². The number of hydrogen-bond acceptors (Lipinski definition) is 8. The van der Waals surface area contributed by atoms with Gasteiger partial charge in [0.25, 0.3) is 0 Å². The molecule has 0 saturated carbocycles. The normalized spacial score (nSPS) is 10.8. The van der Waals surface area contributed by atoms with E-state index in [4.69, 9.17) is 5.11 Å². The van der Waals surface area contributed by atoms with Gasteiger partial charge in [-0.15, -0.1) is 5.10 Å². The van der Waals surface area contributed by atoms with Crippen LogP contribution in [0.25, 0.3) is 10.2 Å². The number of benzene rings is 1. The molecule has 0 aliphatic rings. The molecule has 0 radical (unpaired) electrons. The molecule has 9 nitrogen and oxygen atoms in total. The van der Waals surface area contributed by atoms with Crippen LogP contribution in [-0.2, 0) is 11.8 Å². The Morgan fingerprint density at radius 2 is 2.26 bits per heavy atom. The van der Waals surface area contributed by atoms with Gasteiger partial charge in [-0.25, -0.2) is 14.5 Å². The first-order chi connectivity index (χ1) is 11.0. The number of anilines is 1. The highest BCUT2D eigenvalue weighted by atomic mass is 32.2. The lowest BCUT2D eigenvalue weighted by atomic mass is 10.2. The van der Waals surface area contributed by atoms with Gasteiger partial charge in [0.2, 0.25) is 11.1 Å². The van der Waals surface area contributed by atoms with Gasteiger partial charge in [0.05, 0.1) is 21.5 Å². The molecule has 0 aliphatic heterocycles. The highest BCUT2D eigenvalue weighted by Crippen LogP contribution is 2.27. The number of aromatic nitrogens is 5. The van der Waals surface area contributed by atoms with E-state index in [-0.39, 0.29) is 17.2 Å². The number of thioether (sulfide) groups is 1. The van der Waals surface area contributed by atoms with Crippen molar-refractivity contribution < 1.29 is 14.7 Å². The van der Waals surface area contributed by atoms with E-state index in [1.165, 1.54) is 39.9 Å². The molecule has 0 atom stereocenters. The van der Waals surface area contributed by atoms with E-state index in [0.29, 0.717) is 20.5 Å². The predicted octanol–water partition coefficient (Wildman–Crippen LogP) is 1.25. The number of carboxylic acid groups (broad SMARTS) is 1. The van der Waals surface area contributed by atoms with Crippen molar-refractivity contribution in [2.24, 2.45) is 7.05 Å². The Hall–Kier alpha value is -2.53. The third-order valence-electron chi connectivity index (χ3n) is 2.80. The zero-order valence-corrected chi connectivity index (χ0v) is 13.4. The van der Waals surface area contributed by atoms with Crippen molar-refractivity contribution in [2.75, 3.05) is 11.1 Å². The average molecular weight is 350 g/mol. The molecule has 1 aromatic carbocycles. The number of carboxylic acids is 1. The number of carbonyl (C=O) groups excluding carboxylic acids is 1. The maximum atomic E-state index is 11.9. The second-order valence-electron chi connectivity index (χ2n) is 4.43. The third-order valence-corrected chi connectivity index (χ3v) is 4.74. The monoisotopic (exact) mass is 350 g/mol. The Morgan fingerprint density at radius 1 is 1.43 bits per heavy atom. The molecule has 0 spiro atoms. The number of hydrogen-bond donors (Lipinski definition) is 2. The molecule has 1 amide bonds. The zero-order valence-electron chi connectivity index (χ0n) is 11.8. The molecule has 11 heteroatoms. The van der Waals surface area contributed by atoms with Crippen LogP contribution in [0.4, 0.5) is 5.13 Å². The number of carbonyl (C=O) groups is 2. The van der Waals surface area contributed by atoms with Crippen LogP contribution >= 0.6 is 23.1 Å². The minimum atomic E-state index is -1.00. The van der Waals surface area contributed by atoms with Crippen molar-refractivity contribution in [3.8, 4) is 0 Å². The van der Waals surface area contributed by atoms with E-state index in [9.17, 15) is 9.59 Å². The van der Waals surface area contributed by atoms with Crippen LogP contribution in [0.2, 0.25) is 0 Å². The van der Waals surface area contributed by atoms with Crippen molar-refractivity contribution in [3.05, 3.63) is 23.8 Å². The molecule has 2 aromatic heterocycles. The number of aryl methyl sites for hydroxylation is 1. The first kappa shape index (κ1) is 15.4. The number of nitrogens with one attached hydrogen (secondary N) is 1. The highest BCUT2D eigenvalue weighted by Gasteiger charge is 2.12. The van der Waals surface area contributed by atoms with Crippen LogP contribution in [0.3, 0.4) is 0 Å². The molecule has 0 aliphatic carbocycles. The number of aromatic carboxylic acids is 1. The van der Waals surface area contributed by atoms with E-state index in [1.807, 2.05) is 0 Å². The summed E-state index contributed by atoms with van der Waals surface area (Å²) in [5.74, 6) is -1.10. The van der Waals surface area contributed by atoms with Crippen molar-refractivity contribution in [1.29, 1.82) is 0 Å². The lowest BCUT2D eigenvalue weighted by Crippen LogP contribution is -2.14. The summed E-state index contributed by atoms with van der Waals surface area (Å²) in [6.45, 7) is 0. The molecule has 0 saturated heterocycles. The summed E-state index contributed by atoms with van der Waals surface area (Å²) in [5.41, 5.74) is 0.824. The Kier molecular flexibility index (Phi) is 4.21. The molecule has 118 valence electrons. The number of thiazole rings is 1. The summed E-state index contributed by atoms with van der Waals surface area (Å²) < 4.78 is 2.17. The lowest BCUT2D eigenvalue weighted by Gasteiger charge is -2.00. The molecule has 3 aromatic rings. The van der Waals surface area contributed by atoms with E-state index in [1.54, 1.807) is 13.1 Å². The SMILES string of the molecule is Cn1nnnc1SCC(=O)Nc1nc2ccc(C(=O)O)cc2s1. The largest absolute Gasteiger partial charge is 0.478 e. The van der Waals surface area contributed by atoms with Crippen LogP contribution < -0.4 is 5.32 Å². The first-order valence-electron chi connectivity index (χ1n) is 6.32. The van der Waals surface area contributed by atoms with E-state index < -0.39 is 5.97 Å². The third kappa shape index (κ3) is 3.46. The van der Waals surface area contributed by atoms with Gasteiger partial charge in [-0.3, -0.25) is 4.79 Å². The standard InChI is InChI=1S/C12H10N6O3S2/c1-18-12(15-16-17-18)22-5-9(19)14-11-13-7-3-2-6(10(20)21)4-8(7)23-11/h2-4H,5H2,1H3,(H,20,21)(H,13,14,19). The molecule has 23 heavy (non-hydrogen) atoms. The zero-order chi connectivity index (χ0) is 16.4. The fraction of sp³-hybridized carbons (Fsp3) is 0.167. The molecular weight excluding hydrogens is 340 g/mol. The van der Waals surface area contributed by atoms with Crippen LogP contribution in [-0.4, -0.2) is 47.9 Å². The quantitative estimate of drug-likeness (QED) is 0.659. The minimum absolute atomic E-state index is 0.143. The van der Waals surface area contributed by atoms with Crippen molar-refractivity contribution in [1.82, 2.24) is 25.2 Å². The van der Waals surface area contributed by atoms with Crippen molar-refractivity contribution in [3.63, 3.8) is 0 Å². The summed E-state index contributed by atoms with van der Waals surface area (Å²) >= 11 is 2.43. The van der Waals surface area contributed by atoms with Gasteiger partial charge in [-0.2, -0.15) is 0 Å². The predicted molar refractivity (Wildman–Crippen MR) is 84.7 cm³/mol. The number of tetrazole rings is 1. The molecule has 2 N–H and O–H groups in total. The molecular formula is C12H10N6O3S2. The second-order valence-corrected chi connectivity index (χ2v) is 6.40. The summed E-state index contributed by atoms with van der Waals surface area (Å²) in [5, 5.41) is 23.5. The van der Waals surface area contributed by atoms with Gasteiger partial charge in [0, 0.05) is 7.05 Å². The van der Waals surface area contributed by atoms with E-state index >= 15 is 0 Å². The maximum absolute atomic E-state index is 11.9. The topological polar surface area (TPSA) is 123 Å². The Bertz CT molecular complexity index is 890. The Morgan fingerprint density at radius 3 is 2.96 bits per heavy atom. The van der Waals surface area contributed by atoms with Crippen LogP contribution in [0.1, 0.15) is 10.4 Å².